The summed E-state index contributed by atoms with van der Waals surface area (Å²) in [6.45, 7) is 7.25. The molecule has 5 nitrogen and oxygen atoms in total. The Labute approximate surface area is 217 Å². The summed E-state index contributed by atoms with van der Waals surface area (Å²) >= 11 is 1.79. The summed E-state index contributed by atoms with van der Waals surface area (Å²) in [7, 11) is 0. The molecule has 0 radical (unpaired) electrons. The largest absolute Gasteiger partial charge is 0.462 e. The summed E-state index contributed by atoms with van der Waals surface area (Å²) in [6, 6.07) is 19.8. The van der Waals surface area contributed by atoms with Crippen molar-refractivity contribution in [3.63, 3.8) is 0 Å². The van der Waals surface area contributed by atoms with Crippen LogP contribution in [0.5, 0.6) is 0 Å². The first-order chi connectivity index (χ1) is 17.5. The van der Waals surface area contributed by atoms with Crippen molar-refractivity contribution in [3.8, 4) is 0 Å². The predicted octanol–water partition coefficient (Wildman–Crippen LogP) is 7.61. The van der Waals surface area contributed by atoms with Gasteiger partial charge in [0.25, 0.3) is 0 Å². The topological polar surface area (TPSA) is 55.8 Å². The Balaban J connectivity index is 1.69. The van der Waals surface area contributed by atoms with Gasteiger partial charge in [-0.05, 0) is 73.9 Å². The number of hydrogen-bond acceptors (Lipinski definition) is 6. The van der Waals surface area contributed by atoms with Gasteiger partial charge >= 0.3 is 11.9 Å². The van der Waals surface area contributed by atoms with Gasteiger partial charge in [0.1, 0.15) is 0 Å². The van der Waals surface area contributed by atoms with E-state index in [0.717, 1.165) is 24.9 Å². The fourth-order valence-corrected chi connectivity index (χ4v) is 5.21. The lowest BCUT2D eigenvalue weighted by atomic mass is 10.0. The third kappa shape index (κ3) is 5.65. The number of hydrogen-bond donors (Lipinski definition) is 0. The number of anilines is 2. The van der Waals surface area contributed by atoms with Crippen LogP contribution < -0.4 is 4.90 Å². The zero-order valence-corrected chi connectivity index (χ0v) is 21.8. The summed E-state index contributed by atoms with van der Waals surface area (Å²) in [5, 5.41) is 0. The smallest absolute Gasteiger partial charge is 0.338 e. The van der Waals surface area contributed by atoms with Crippen molar-refractivity contribution in [1.29, 1.82) is 0 Å². The van der Waals surface area contributed by atoms with Crippen molar-refractivity contribution in [3.05, 3.63) is 82.9 Å². The van der Waals surface area contributed by atoms with E-state index in [1.54, 1.807) is 43.8 Å². The molecule has 4 rings (SSSR count). The van der Waals surface area contributed by atoms with Crippen molar-refractivity contribution in [1.82, 2.24) is 0 Å². The third-order valence-corrected chi connectivity index (χ3v) is 7.03. The second-order valence-corrected chi connectivity index (χ2v) is 9.46. The molecule has 0 saturated carbocycles. The maximum atomic E-state index is 12.6. The zero-order valence-electron chi connectivity index (χ0n) is 21.0. The summed E-state index contributed by atoms with van der Waals surface area (Å²) in [5.74, 6) is -0.838. The molecule has 0 N–H and O–H groups in total. The molecule has 0 spiro atoms. The molecule has 0 bridgehead atoms. The number of carbonyl (C=O) groups is 2. The van der Waals surface area contributed by atoms with Gasteiger partial charge in [-0.25, -0.2) is 9.59 Å². The van der Waals surface area contributed by atoms with Gasteiger partial charge in [-0.15, -0.1) is 0 Å². The van der Waals surface area contributed by atoms with E-state index in [9.17, 15) is 9.59 Å². The lowest BCUT2D eigenvalue weighted by Crippen LogP contribution is -2.21. The van der Waals surface area contributed by atoms with Crippen molar-refractivity contribution in [2.75, 3.05) is 24.7 Å². The Kier molecular flexibility index (Phi) is 8.49. The Morgan fingerprint density at radius 3 is 2.36 bits per heavy atom. The van der Waals surface area contributed by atoms with Crippen LogP contribution in [0.1, 0.15) is 65.5 Å². The molecule has 0 saturated heterocycles. The summed E-state index contributed by atoms with van der Waals surface area (Å²) in [5.41, 5.74) is 4.84. The molecule has 3 aromatic carbocycles. The van der Waals surface area contributed by atoms with E-state index in [2.05, 4.69) is 54.3 Å². The highest BCUT2D eigenvalue weighted by Crippen LogP contribution is 2.48. The average molecular weight is 502 g/mol. The molecule has 1 aliphatic rings. The van der Waals surface area contributed by atoms with Gasteiger partial charge < -0.3 is 14.4 Å². The van der Waals surface area contributed by atoms with Crippen molar-refractivity contribution in [2.24, 2.45) is 0 Å². The zero-order chi connectivity index (χ0) is 25.5. The number of carbonyl (C=O) groups excluding carboxylic acids is 2. The van der Waals surface area contributed by atoms with Gasteiger partial charge in [-0.1, -0.05) is 55.5 Å². The van der Waals surface area contributed by atoms with Crippen LogP contribution in [0, 0.1) is 0 Å². The van der Waals surface area contributed by atoms with Gasteiger partial charge in [-0.3, -0.25) is 0 Å². The van der Waals surface area contributed by atoms with Gasteiger partial charge in [0.05, 0.1) is 35.7 Å². The minimum absolute atomic E-state index is 0.277. The lowest BCUT2D eigenvalue weighted by molar-refractivity contribution is 0.0511. The first-order valence-electron chi connectivity index (χ1n) is 12.4. The fourth-order valence-electron chi connectivity index (χ4n) is 4.13. The monoisotopic (exact) mass is 501 g/mol. The van der Waals surface area contributed by atoms with Crippen LogP contribution in [0.2, 0.25) is 0 Å². The van der Waals surface area contributed by atoms with E-state index in [1.165, 1.54) is 21.2 Å². The first kappa shape index (κ1) is 25.6. The molecule has 0 fully saturated rings. The lowest BCUT2D eigenvalue weighted by Gasteiger charge is -2.33. The molecule has 0 aromatic heterocycles. The number of esters is 2. The summed E-state index contributed by atoms with van der Waals surface area (Å²) < 4.78 is 10.4. The number of fused-ring (bicyclic) bond motifs is 2. The van der Waals surface area contributed by atoms with Crippen LogP contribution in [0.15, 0.2) is 70.5 Å². The Hall–Kier alpha value is -3.51. The Morgan fingerprint density at radius 1 is 0.833 bits per heavy atom. The minimum atomic E-state index is -0.420. The van der Waals surface area contributed by atoms with Gasteiger partial charge in [-0.2, -0.15) is 0 Å². The number of rotatable bonds is 9. The number of para-hydroxylation sites is 1. The molecule has 1 heterocycles. The van der Waals surface area contributed by atoms with Gasteiger partial charge in [0.15, 0.2) is 0 Å². The highest BCUT2D eigenvalue weighted by molar-refractivity contribution is 7.99. The molecule has 0 amide bonds. The van der Waals surface area contributed by atoms with Crippen LogP contribution in [0.3, 0.4) is 0 Å². The van der Waals surface area contributed by atoms with Crippen LogP contribution >= 0.6 is 11.8 Å². The van der Waals surface area contributed by atoms with Crippen molar-refractivity contribution >= 4 is 47.2 Å². The third-order valence-electron chi connectivity index (χ3n) is 5.90. The quantitative estimate of drug-likeness (QED) is 0.222. The first-order valence-corrected chi connectivity index (χ1v) is 13.2. The van der Waals surface area contributed by atoms with E-state index in [1.807, 2.05) is 12.2 Å². The van der Waals surface area contributed by atoms with E-state index in [4.69, 9.17) is 9.47 Å². The molecule has 0 aliphatic carbocycles. The highest BCUT2D eigenvalue weighted by atomic mass is 32.2. The predicted molar refractivity (Wildman–Crippen MR) is 146 cm³/mol. The molecule has 36 heavy (non-hydrogen) atoms. The SMILES string of the molecule is CCCCN1c2ccccc2Sc2ccc(C=Cc3cc(C(=O)OCC)ccc3C(=O)OCC)cc21. The van der Waals surface area contributed by atoms with Crippen molar-refractivity contribution < 1.29 is 19.1 Å². The van der Waals surface area contributed by atoms with E-state index in [-0.39, 0.29) is 13.2 Å². The number of nitrogens with zero attached hydrogens (tertiary/aromatic N) is 1. The second kappa shape index (κ2) is 12.0. The molecule has 0 atom stereocenters. The Bertz CT molecular complexity index is 1280. The van der Waals surface area contributed by atoms with Gasteiger partial charge in [0, 0.05) is 16.3 Å². The standard InChI is InChI=1S/C30H31NO4S/c1-4-7-18-31-25-10-8-9-11-27(25)36-28-17-13-21(19-26(28)31)12-14-22-20-23(29(32)34-5-2)15-16-24(22)30(33)35-6-3/h8-17,19-20H,4-7,18H2,1-3H3. The summed E-state index contributed by atoms with van der Waals surface area (Å²) in [6.07, 6.45) is 6.05. The van der Waals surface area contributed by atoms with Crippen LogP contribution in [-0.2, 0) is 9.47 Å². The average Bonchev–Trinajstić information content (AvgIpc) is 2.90. The summed E-state index contributed by atoms with van der Waals surface area (Å²) in [4.78, 5) is 29.7. The number of unbranched alkanes of at least 4 members (excludes halogenated alkanes) is 1. The van der Waals surface area contributed by atoms with Crippen LogP contribution in [0.25, 0.3) is 12.2 Å². The van der Waals surface area contributed by atoms with Crippen LogP contribution in [0.4, 0.5) is 11.4 Å². The fraction of sp³-hybridized carbons (Fsp3) is 0.267. The Morgan fingerprint density at radius 2 is 1.58 bits per heavy atom. The van der Waals surface area contributed by atoms with Crippen LogP contribution in [-0.4, -0.2) is 31.7 Å². The molecule has 3 aromatic rings. The molecule has 186 valence electrons. The van der Waals surface area contributed by atoms with E-state index in [0.29, 0.717) is 16.7 Å². The van der Waals surface area contributed by atoms with Crippen molar-refractivity contribution in [2.45, 2.75) is 43.4 Å². The van der Waals surface area contributed by atoms with Gasteiger partial charge in [0.2, 0.25) is 0 Å². The molecule has 6 heteroatoms. The molecule has 1 aliphatic heterocycles. The minimum Gasteiger partial charge on any atom is -0.462 e. The normalized spacial score (nSPS) is 12.2. The molecular weight excluding hydrogens is 470 g/mol. The molecule has 0 unspecified atom stereocenters. The number of ether oxygens (including phenoxy) is 2. The molecular formula is C30H31NO4S. The van der Waals surface area contributed by atoms with E-state index < -0.39 is 11.9 Å². The maximum absolute atomic E-state index is 12.6. The highest BCUT2D eigenvalue weighted by Gasteiger charge is 2.23. The second-order valence-electron chi connectivity index (χ2n) is 8.38. The number of benzene rings is 3. The van der Waals surface area contributed by atoms with E-state index >= 15 is 0 Å². The maximum Gasteiger partial charge on any atom is 0.338 e.